The molecule has 1 fully saturated rings. The lowest BCUT2D eigenvalue weighted by Gasteiger charge is -2.35. The summed E-state index contributed by atoms with van der Waals surface area (Å²) in [6.07, 6.45) is 0. The Balaban J connectivity index is 1.41. The lowest BCUT2D eigenvalue weighted by atomic mass is 10.1. The van der Waals surface area contributed by atoms with Crippen LogP contribution in [0.25, 0.3) is 11.3 Å². The third kappa shape index (κ3) is 4.27. The lowest BCUT2D eigenvalue weighted by Crippen LogP contribution is -2.49. The van der Waals surface area contributed by atoms with Crippen molar-refractivity contribution in [3.8, 4) is 11.3 Å². The van der Waals surface area contributed by atoms with Gasteiger partial charge >= 0.3 is 0 Å². The van der Waals surface area contributed by atoms with Crippen LogP contribution in [0, 0.1) is 13.8 Å². The highest BCUT2D eigenvalue weighted by atomic mass is 35.5. The number of aryl methyl sites for hydroxylation is 2. The largest absolute Gasteiger partial charge is 0.352 e. The Morgan fingerprint density at radius 1 is 0.867 bits per heavy atom. The number of hydrogen-bond acceptors (Lipinski definition) is 4. The van der Waals surface area contributed by atoms with Crippen molar-refractivity contribution < 1.29 is 4.79 Å². The summed E-state index contributed by atoms with van der Waals surface area (Å²) >= 11 is 12.2. The van der Waals surface area contributed by atoms with Gasteiger partial charge in [0.1, 0.15) is 0 Å². The van der Waals surface area contributed by atoms with Gasteiger partial charge in [0.15, 0.2) is 5.82 Å². The Hall–Kier alpha value is -2.63. The molecule has 7 heteroatoms. The minimum Gasteiger partial charge on any atom is -0.352 e. The van der Waals surface area contributed by atoms with Gasteiger partial charge in [-0.25, -0.2) is 0 Å². The predicted octanol–water partition coefficient (Wildman–Crippen LogP) is 5.03. The highest BCUT2D eigenvalue weighted by molar-refractivity contribution is 6.36. The van der Waals surface area contributed by atoms with Gasteiger partial charge in [-0.2, -0.15) is 0 Å². The zero-order valence-electron chi connectivity index (χ0n) is 16.9. The van der Waals surface area contributed by atoms with Crippen LogP contribution in [0.1, 0.15) is 21.5 Å². The summed E-state index contributed by atoms with van der Waals surface area (Å²) in [7, 11) is 0. The molecule has 0 aliphatic carbocycles. The number of hydrogen-bond donors (Lipinski definition) is 0. The second-order valence-electron chi connectivity index (χ2n) is 7.48. The summed E-state index contributed by atoms with van der Waals surface area (Å²) in [5.74, 6) is 0.874. The van der Waals surface area contributed by atoms with Crippen LogP contribution in [0.2, 0.25) is 10.0 Å². The van der Waals surface area contributed by atoms with E-state index in [1.807, 2.05) is 48.2 Å². The monoisotopic (exact) mass is 440 g/mol. The van der Waals surface area contributed by atoms with E-state index in [2.05, 4.69) is 22.0 Å². The first kappa shape index (κ1) is 20.6. The van der Waals surface area contributed by atoms with E-state index in [1.54, 1.807) is 12.1 Å². The highest BCUT2D eigenvalue weighted by Crippen LogP contribution is 2.29. The van der Waals surface area contributed by atoms with E-state index >= 15 is 0 Å². The first-order valence-electron chi connectivity index (χ1n) is 9.83. The van der Waals surface area contributed by atoms with Gasteiger partial charge in [-0.05, 0) is 67.4 Å². The molecule has 0 bridgehead atoms. The molecule has 1 amide bonds. The van der Waals surface area contributed by atoms with Gasteiger partial charge in [0, 0.05) is 42.3 Å². The van der Waals surface area contributed by atoms with Gasteiger partial charge < -0.3 is 9.80 Å². The van der Waals surface area contributed by atoms with Crippen molar-refractivity contribution in [3.05, 3.63) is 75.3 Å². The topological polar surface area (TPSA) is 49.3 Å². The number of piperazine rings is 1. The summed E-state index contributed by atoms with van der Waals surface area (Å²) in [4.78, 5) is 16.9. The van der Waals surface area contributed by atoms with Crippen LogP contribution in [-0.2, 0) is 0 Å². The molecule has 0 spiro atoms. The molecule has 2 aromatic carbocycles. The average Bonchev–Trinajstić information content (AvgIpc) is 2.75. The quantitative estimate of drug-likeness (QED) is 0.572. The van der Waals surface area contributed by atoms with Crippen LogP contribution in [0.4, 0.5) is 5.82 Å². The molecule has 0 atom stereocenters. The van der Waals surface area contributed by atoms with E-state index in [4.69, 9.17) is 23.2 Å². The van der Waals surface area contributed by atoms with Crippen molar-refractivity contribution in [2.24, 2.45) is 0 Å². The van der Waals surface area contributed by atoms with Crippen molar-refractivity contribution >= 4 is 34.9 Å². The molecule has 3 aromatic rings. The molecular weight excluding hydrogens is 419 g/mol. The summed E-state index contributed by atoms with van der Waals surface area (Å²) in [5, 5.41) is 9.84. The number of carbonyl (C=O) groups is 1. The molecule has 1 aliphatic heterocycles. The van der Waals surface area contributed by atoms with Crippen molar-refractivity contribution in [1.82, 2.24) is 15.1 Å². The minimum absolute atomic E-state index is 0.0802. The van der Waals surface area contributed by atoms with Gasteiger partial charge in [-0.3, -0.25) is 4.79 Å². The predicted molar refractivity (Wildman–Crippen MR) is 122 cm³/mol. The number of carbonyl (C=O) groups excluding carboxylic acids is 1. The van der Waals surface area contributed by atoms with Crippen molar-refractivity contribution in [2.45, 2.75) is 13.8 Å². The molecule has 2 heterocycles. The van der Waals surface area contributed by atoms with Crippen molar-refractivity contribution in [3.63, 3.8) is 0 Å². The van der Waals surface area contributed by atoms with Crippen molar-refractivity contribution in [2.75, 3.05) is 31.1 Å². The number of halogens is 2. The molecule has 4 rings (SSSR count). The van der Waals surface area contributed by atoms with E-state index in [1.165, 1.54) is 5.56 Å². The van der Waals surface area contributed by atoms with E-state index in [9.17, 15) is 4.79 Å². The molecule has 0 N–H and O–H groups in total. The standard InChI is InChI=1S/C23H22Cl2N4O/c1-15-3-4-17(13-16(15)2)23(30)29-11-9-28(10-12-29)22-8-7-21(26-27-22)19-6-5-18(24)14-20(19)25/h3-8,13-14H,9-12H2,1-2H3. The molecule has 154 valence electrons. The number of nitrogens with zero attached hydrogens (tertiary/aromatic N) is 4. The third-order valence-electron chi connectivity index (χ3n) is 5.50. The van der Waals surface area contributed by atoms with E-state index < -0.39 is 0 Å². The van der Waals surface area contributed by atoms with Gasteiger partial charge in [-0.15, -0.1) is 10.2 Å². The highest BCUT2D eigenvalue weighted by Gasteiger charge is 2.23. The first-order valence-corrected chi connectivity index (χ1v) is 10.6. The minimum atomic E-state index is 0.0802. The molecular formula is C23H22Cl2N4O. The summed E-state index contributed by atoms with van der Waals surface area (Å²) in [6, 6.07) is 15.0. The zero-order valence-corrected chi connectivity index (χ0v) is 18.4. The second-order valence-corrected chi connectivity index (χ2v) is 8.32. The molecule has 0 radical (unpaired) electrons. The van der Waals surface area contributed by atoms with Gasteiger partial charge in [0.05, 0.1) is 10.7 Å². The Labute approximate surface area is 186 Å². The molecule has 1 aliphatic rings. The Kier molecular flexibility index (Phi) is 5.93. The summed E-state index contributed by atoms with van der Waals surface area (Å²) in [6.45, 7) is 6.81. The number of amides is 1. The maximum absolute atomic E-state index is 12.8. The van der Waals surface area contributed by atoms with Crippen LogP contribution in [0.5, 0.6) is 0 Å². The van der Waals surface area contributed by atoms with Crippen LogP contribution in [0.15, 0.2) is 48.5 Å². The number of benzene rings is 2. The van der Waals surface area contributed by atoms with E-state index in [-0.39, 0.29) is 5.91 Å². The van der Waals surface area contributed by atoms with Gasteiger partial charge in [-0.1, -0.05) is 29.3 Å². The fourth-order valence-corrected chi connectivity index (χ4v) is 4.04. The number of anilines is 1. The van der Waals surface area contributed by atoms with Crippen LogP contribution in [0.3, 0.4) is 0 Å². The second kappa shape index (κ2) is 8.62. The summed E-state index contributed by atoms with van der Waals surface area (Å²) in [5.41, 5.74) is 4.57. The third-order valence-corrected chi connectivity index (χ3v) is 6.05. The molecule has 0 unspecified atom stereocenters. The van der Waals surface area contributed by atoms with E-state index in [0.29, 0.717) is 41.9 Å². The van der Waals surface area contributed by atoms with Crippen LogP contribution in [-0.4, -0.2) is 47.2 Å². The van der Waals surface area contributed by atoms with Crippen LogP contribution < -0.4 is 4.90 Å². The normalized spacial score (nSPS) is 14.1. The van der Waals surface area contributed by atoms with Crippen LogP contribution >= 0.6 is 23.2 Å². The van der Waals surface area contributed by atoms with Gasteiger partial charge in [0.2, 0.25) is 0 Å². The Morgan fingerprint density at radius 3 is 2.27 bits per heavy atom. The van der Waals surface area contributed by atoms with Crippen molar-refractivity contribution in [1.29, 1.82) is 0 Å². The van der Waals surface area contributed by atoms with Gasteiger partial charge in [0.25, 0.3) is 5.91 Å². The zero-order chi connectivity index (χ0) is 21.3. The molecule has 1 aromatic heterocycles. The Bertz CT molecular complexity index is 1080. The lowest BCUT2D eigenvalue weighted by molar-refractivity contribution is 0.0746. The number of rotatable bonds is 3. The number of aromatic nitrogens is 2. The molecule has 30 heavy (non-hydrogen) atoms. The summed E-state index contributed by atoms with van der Waals surface area (Å²) < 4.78 is 0. The molecule has 1 saturated heterocycles. The Morgan fingerprint density at radius 2 is 1.63 bits per heavy atom. The maximum Gasteiger partial charge on any atom is 0.253 e. The fraction of sp³-hybridized carbons (Fsp3) is 0.261. The SMILES string of the molecule is Cc1ccc(C(=O)N2CCN(c3ccc(-c4ccc(Cl)cc4Cl)nn3)CC2)cc1C. The van der Waals surface area contributed by atoms with E-state index in [0.717, 1.165) is 22.5 Å². The molecule has 0 saturated carbocycles. The fourth-order valence-electron chi connectivity index (χ4n) is 3.53. The maximum atomic E-state index is 12.8. The first-order chi connectivity index (χ1) is 14.4. The average molecular weight is 441 g/mol. The molecule has 5 nitrogen and oxygen atoms in total. The smallest absolute Gasteiger partial charge is 0.253 e.